The van der Waals surface area contributed by atoms with E-state index in [1.807, 2.05) is 48.5 Å². The maximum absolute atomic E-state index is 14.2. The van der Waals surface area contributed by atoms with E-state index in [9.17, 15) is 9.59 Å². The standard InChI is InChI=1S/C33H29BrClIN2O6S/c1-17(2)44-32(40)28-18(3)37-33-38(29(28)22-15-21(34)10-11-25(22)41-4)31(39)27(45-33)14-19-12-24(36)30(26(13-19)42-5)43-16-20-8-6-7-9-23(20)35/h6-15,17,29H,16H2,1-5H3/b27-14-/t29-/m0/s1. The predicted octanol–water partition coefficient (Wildman–Crippen LogP) is 6.80. The zero-order valence-corrected chi connectivity index (χ0v) is 30.3. The van der Waals surface area contributed by atoms with Crippen LogP contribution in [-0.2, 0) is 16.1 Å². The second kappa shape index (κ2) is 14.1. The van der Waals surface area contributed by atoms with E-state index in [1.165, 1.54) is 15.9 Å². The average molecular weight is 824 g/mol. The number of carbonyl (C=O) groups is 1. The lowest BCUT2D eigenvalue weighted by Crippen LogP contribution is -2.40. The van der Waals surface area contributed by atoms with Crippen molar-refractivity contribution in [2.75, 3.05) is 14.2 Å². The van der Waals surface area contributed by atoms with Gasteiger partial charge < -0.3 is 18.9 Å². The fraction of sp³-hybridized carbons (Fsp3) is 0.242. The first-order valence-corrected chi connectivity index (χ1v) is 16.9. The van der Waals surface area contributed by atoms with Gasteiger partial charge >= 0.3 is 5.97 Å². The number of carbonyl (C=O) groups excluding carboxylic acids is 1. The van der Waals surface area contributed by atoms with Crippen LogP contribution in [0.2, 0.25) is 5.02 Å². The van der Waals surface area contributed by atoms with E-state index in [0.29, 0.717) is 42.9 Å². The monoisotopic (exact) mass is 822 g/mol. The summed E-state index contributed by atoms with van der Waals surface area (Å²) in [6.07, 6.45) is 1.42. The number of hydrogen-bond acceptors (Lipinski definition) is 8. The molecule has 5 rings (SSSR count). The minimum Gasteiger partial charge on any atom is -0.496 e. The molecule has 0 bridgehead atoms. The molecule has 45 heavy (non-hydrogen) atoms. The van der Waals surface area contributed by atoms with Gasteiger partial charge in [0, 0.05) is 20.6 Å². The van der Waals surface area contributed by atoms with Crippen molar-refractivity contribution in [3.63, 3.8) is 0 Å². The molecule has 0 unspecified atom stereocenters. The number of nitrogens with zero attached hydrogens (tertiary/aromatic N) is 2. The number of aromatic nitrogens is 1. The summed E-state index contributed by atoms with van der Waals surface area (Å²) in [6.45, 7) is 5.57. The Balaban J connectivity index is 1.62. The minimum atomic E-state index is -0.822. The number of esters is 1. The van der Waals surface area contributed by atoms with Crippen molar-refractivity contribution in [3.05, 3.63) is 115 Å². The normalized spacial score (nSPS) is 14.7. The van der Waals surface area contributed by atoms with Gasteiger partial charge in [-0.1, -0.05) is 57.1 Å². The molecule has 0 N–H and O–H groups in total. The van der Waals surface area contributed by atoms with E-state index in [-0.39, 0.29) is 23.8 Å². The van der Waals surface area contributed by atoms with Crippen LogP contribution < -0.4 is 29.1 Å². The zero-order chi connectivity index (χ0) is 32.4. The smallest absolute Gasteiger partial charge is 0.338 e. The number of rotatable bonds is 9. The highest BCUT2D eigenvalue weighted by Crippen LogP contribution is 2.38. The summed E-state index contributed by atoms with van der Waals surface area (Å²) in [4.78, 5) is 32.8. The van der Waals surface area contributed by atoms with Crippen LogP contribution in [0.5, 0.6) is 17.2 Å². The summed E-state index contributed by atoms with van der Waals surface area (Å²) >= 11 is 13.3. The first-order valence-electron chi connectivity index (χ1n) is 13.8. The molecule has 3 aromatic carbocycles. The van der Waals surface area contributed by atoms with Crippen LogP contribution in [0.1, 0.15) is 43.5 Å². The van der Waals surface area contributed by atoms with Gasteiger partial charge in [-0.3, -0.25) is 9.36 Å². The van der Waals surface area contributed by atoms with Gasteiger partial charge in [0.2, 0.25) is 0 Å². The molecule has 0 amide bonds. The molecular weight excluding hydrogens is 795 g/mol. The fourth-order valence-electron chi connectivity index (χ4n) is 4.95. The summed E-state index contributed by atoms with van der Waals surface area (Å²) in [5.41, 5.74) is 2.65. The lowest BCUT2D eigenvalue weighted by atomic mass is 9.95. The van der Waals surface area contributed by atoms with Gasteiger partial charge in [-0.05, 0) is 91.4 Å². The quantitative estimate of drug-likeness (QED) is 0.136. The van der Waals surface area contributed by atoms with Gasteiger partial charge in [-0.15, -0.1) is 0 Å². The number of hydrogen-bond donors (Lipinski definition) is 0. The van der Waals surface area contributed by atoms with Gasteiger partial charge in [0.25, 0.3) is 5.56 Å². The minimum absolute atomic E-state index is 0.268. The van der Waals surface area contributed by atoms with Crippen molar-refractivity contribution in [1.82, 2.24) is 4.57 Å². The molecule has 0 spiro atoms. The molecule has 0 aliphatic carbocycles. The Morgan fingerprint density at radius 3 is 2.56 bits per heavy atom. The average Bonchev–Trinajstić information content (AvgIpc) is 3.29. The third-order valence-electron chi connectivity index (χ3n) is 6.95. The number of methoxy groups -OCH3 is 2. The molecule has 1 atom stereocenters. The molecule has 0 saturated carbocycles. The van der Waals surface area contributed by atoms with Crippen molar-refractivity contribution in [1.29, 1.82) is 0 Å². The van der Waals surface area contributed by atoms with Crippen molar-refractivity contribution in [2.45, 2.75) is 39.5 Å². The molecule has 8 nitrogen and oxygen atoms in total. The highest BCUT2D eigenvalue weighted by molar-refractivity contribution is 14.1. The Labute approximate surface area is 291 Å². The lowest BCUT2D eigenvalue weighted by molar-refractivity contribution is -0.143. The Bertz CT molecular complexity index is 2000. The van der Waals surface area contributed by atoms with Crippen LogP contribution in [-0.4, -0.2) is 30.9 Å². The lowest BCUT2D eigenvalue weighted by Gasteiger charge is -2.26. The van der Waals surface area contributed by atoms with Crippen molar-refractivity contribution in [2.24, 2.45) is 4.99 Å². The number of benzene rings is 3. The van der Waals surface area contributed by atoms with Crippen molar-refractivity contribution < 1.29 is 23.7 Å². The predicted molar refractivity (Wildman–Crippen MR) is 187 cm³/mol. The molecule has 234 valence electrons. The Kier molecular flexibility index (Phi) is 10.4. The van der Waals surface area contributed by atoms with Crippen molar-refractivity contribution >= 4 is 73.5 Å². The fourth-order valence-corrected chi connectivity index (χ4v) is 7.35. The summed E-state index contributed by atoms with van der Waals surface area (Å²) in [5.74, 6) is 1.06. The highest BCUT2D eigenvalue weighted by atomic mass is 127. The van der Waals surface area contributed by atoms with Crippen LogP contribution in [0.4, 0.5) is 0 Å². The second-order valence-electron chi connectivity index (χ2n) is 10.3. The largest absolute Gasteiger partial charge is 0.496 e. The maximum Gasteiger partial charge on any atom is 0.338 e. The molecular formula is C33H29BrClIN2O6S. The van der Waals surface area contributed by atoms with E-state index in [0.717, 1.165) is 19.2 Å². The molecule has 1 aliphatic heterocycles. The van der Waals surface area contributed by atoms with Crippen molar-refractivity contribution in [3.8, 4) is 17.2 Å². The molecule has 2 heterocycles. The topological polar surface area (TPSA) is 88.4 Å². The summed E-state index contributed by atoms with van der Waals surface area (Å²) in [5, 5.41) is 0.619. The van der Waals surface area contributed by atoms with Gasteiger partial charge in [-0.2, -0.15) is 0 Å². The highest BCUT2D eigenvalue weighted by Gasteiger charge is 2.35. The summed E-state index contributed by atoms with van der Waals surface area (Å²) in [7, 11) is 3.12. The summed E-state index contributed by atoms with van der Waals surface area (Å²) in [6, 6.07) is 15.9. The van der Waals surface area contributed by atoms with Gasteiger partial charge in [-0.25, -0.2) is 9.79 Å². The van der Waals surface area contributed by atoms with Crippen LogP contribution in [0, 0.1) is 3.57 Å². The maximum atomic E-state index is 14.2. The number of ether oxygens (including phenoxy) is 4. The van der Waals surface area contributed by atoms with Crippen LogP contribution in [0.15, 0.2) is 80.1 Å². The van der Waals surface area contributed by atoms with Gasteiger partial charge in [0.15, 0.2) is 16.3 Å². The van der Waals surface area contributed by atoms with E-state index in [4.69, 9.17) is 30.5 Å². The van der Waals surface area contributed by atoms with Crippen LogP contribution >= 0.6 is 61.5 Å². The zero-order valence-electron chi connectivity index (χ0n) is 25.0. The summed E-state index contributed by atoms with van der Waals surface area (Å²) < 4.78 is 26.6. The molecule has 0 radical (unpaired) electrons. The molecule has 0 fully saturated rings. The third-order valence-corrected chi connectivity index (χ3v) is 9.60. The molecule has 1 aromatic heterocycles. The van der Waals surface area contributed by atoms with Gasteiger partial charge in [0.05, 0.1) is 39.7 Å². The molecule has 0 saturated heterocycles. The molecule has 4 aromatic rings. The SMILES string of the molecule is COc1ccc(Br)cc1[C@H]1C(C(=O)OC(C)C)=C(C)N=c2s/c(=C\c3cc(I)c(OCc4ccccc4Cl)c(OC)c3)c(=O)n21. The second-order valence-corrected chi connectivity index (χ2v) is 13.8. The van der Waals surface area contributed by atoms with Crippen LogP contribution in [0.25, 0.3) is 6.08 Å². The van der Waals surface area contributed by atoms with E-state index >= 15 is 0 Å². The number of fused-ring (bicyclic) bond motifs is 1. The number of thiazole rings is 1. The Morgan fingerprint density at radius 1 is 1.13 bits per heavy atom. The molecule has 1 aliphatic rings. The third kappa shape index (κ3) is 7.01. The first-order chi connectivity index (χ1) is 21.5. The van der Waals surface area contributed by atoms with E-state index < -0.39 is 12.0 Å². The van der Waals surface area contributed by atoms with E-state index in [1.54, 1.807) is 47.1 Å². The first kappa shape index (κ1) is 33.2. The van der Waals surface area contributed by atoms with Crippen LogP contribution in [0.3, 0.4) is 0 Å². The molecule has 12 heteroatoms. The van der Waals surface area contributed by atoms with Gasteiger partial charge in [0.1, 0.15) is 18.4 Å². The Morgan fingerprint density at radius 2 is 1.87 bits per heavy atom. The van der Waals surface area contributed by atoms with E-state index in [2.05, 4.69) is 43.5 Å². The number of allylic oxidation sites excluding steroid dienone is 1. The number of halogens is 3. The Hall–Kier alpha value is -3.13.